The molecule has 0 aliphatic carbocycles. The average molecular weight is 395 g/mol. The Hall–Kier alpha value is -1.74. The molecule has 2 aromatic rings. The molecule has 1 unspecified atom stereocenters. The first kappa shape index (κ1) is 19.0. The number of ether oxygens (including phenoxy) is 1. The maximum atomic E-state index is 12.7. The molecule has 2 heterocycles. The predicted octanol–water partition coefficient (Wildman–Crippen LogP) is 2.49. The van der Waals surface area contributed by atoms with Crippen molar-refractivity contribution in [1.82, 2.24) is 10.0 Å². The molecule has 1 aliphatic heterocycles. The number of piperidine rings is 1. The van der Waals surface area contributed by atoms with E-state index in [4.69, 9.17) is 4.74 Å². The minimum absolute atomic E-state index is 0.0151. The van der Waals surface area contributed by atoms with E-state index in [-0.39, 0.29) is 5.92 Å². The van der Waals surface area contributed by atoms with E-state index in [9.17, 15) is 14.1 Å². The number of hydrogen-bond acceptors (Lipinski definition) is 5. The van der Waals surface area contributed by atoms with Gasteiger partial charge in [0.25, 0.3) is 0 Å². The number of aliphatic carboxylic acids is 1. The SMILES string of the molecule is COc1ccc(-c2ccc(S(=O)N[C@@H](C(=O)O)C3CCNCC3)s2)cc1. The second-order valence-electron chi connectivity index (χ2n) is 6.14. The Labute approximate surface area is 159 Å². The van der Waals surface area contributed by atoms with Gasteiger partial charge in [0.2, 0.25) is 0 Å². The van der Waals surface area contributed by atoms with Gasteiger partial charge in [0.05, 0.1) is 7.11 Å². The van der Waals surface area contributed by atoms with Crippen LogP contribution in [0.2, 0.25) is 0 Å². The van der Waals surface area contributed by atoms with Crippen molar-refractivity contribution in [1.29, 1.82) is 0 Å². The minimum atomic E-state index is -1.55. The molecule has 0 radical (unpaired) electrons. The van der Waals surface area contributed by atoms with Crippen LogP contribution in [0.25, 0.3) is 10.4 Å². The van der Waals surface area contributed by atoms with E-state index in [1.807, 2.05) is 30.3 Å². The van der Waals surface area contributed by atoms with Crippen molar-refractivity contribution >= 4 is 28.3 Å². The molecule has 0 spiro atoms. The first-order chi connectivity index (χ1) is 12.6. The third-order valence-corrected chi connectivity index (χ3v) is 7.10. The van der Waals surface area contributed by atoms with Gasteiger partial charge in [-0.05, 0) is 73.8 Å². The van der Waals surface area contributed by atoms with Gasteiger partial charge in [-0.2, -0.15) is 0 Å². The highest BCUT2D eigenvalue weighted by Crippen LogP contribution is 2.31. The molecule has 1 aromatic heterocycles. The van der Waals surface area contributed by atoms with Crippen molar-refractivity contribution in [3.63, 3.8) is 0 Å². The van der Waals surface area contributed by atoms with Crippen molar-refractivity contribution in [2.24, 2.45) is 5.92 Å². The Morgan fingerprint density at radius 3 is 2.58 bits per heavy atom. The summed E-state index contributed by atoms with van der Waals surface area (Å²) in [6.45, 7) is 1.59. The lowest BCUT2D eigenvalue weighted by Crippen LogP contribution is -2.47. The molecule has 0 saturated carbocycles. The maximum Gasteiger partial charge on any atom is 0.321 e. The van der Waals surface area contributed by atoms with Crippen LogP contribution in [-0.4, -0.2) is 41.5 Å². The zero-order valence-electron chi connectivity index (χ0n) is 14.4. The third-order valence-electron chi connectivity index (χ3n) is 4.49. The van der Waals surface area contributed by atoms with E-state index in [0.29, 0.717) is 4.21 Å². The van der Waals surface area contributed by atoms with Gasteiger partial charge in [0, 0.05) is 4.88 Å². The summed E-state index contributed by atoms with van der Waals surface area (Å²) in [7, 11) is 0.0673. The zero-order chi connectivity index (χ0) is 18.5. The minimum Gasteiger partial charge on any atom is -0.497 e. The molecule has 2 atom stereocenters. The summed E-state index contributed by atoms with van der Waals surface area (Å²) in [5.74, 6) is -0.182. The smallest absolute Gasteiger partial charge is 0.321 e. The molecular formula is C18H22N2O4S2. The second kappa shape index (κ2) is 8.77. The number of carboxylic acid groups (broad SMARTS) is 1. The lowest BCUT2D eigenvalue weighted by atomic mass is 9.91. The van der Waals surface area contributed by atoms with Crippen LogP contribution in [0.15, 0.2) is 40.6 Å². The fourth-order valence-corrected chi connectivity index (χ4v) is 5.32. The van der Waals surface area contributed by atoms with Crippen molar-refractivity contribution in [2.45, 2.75) is 23.1 Å². The van der Waals surface area contributed by atoms with Crippen molar-refractivity contribution in [2.75, 3.05) is 20.2 Å². The summed E-state index contributed by atoms with van der Waals surface area (Å²) in [4.78, 5) is 12.6. The molecule has 1 fully saturated rings. The number of carbonyl (C=O) groups is 1. The van der Waals surface area contributed by atoms with Crippen LogP contribution in [0.3, 0.4) is 0 Å². The Kier molecular flexibility index (Phi) is 6.42. The van der Waals surface area contributed by atoms with Crippen molar-refractivity contribution in [3.8, 4) is 16.2 Å². The van der Waals surface area contributed by atoms with Gasteiger partial charge in [-0.1, -0.05) is 0 Å². The largest absolute Gasteiger partial charge is 0.497 e. The van der Waals surface area contributed by atoms with Gasteiger partial charge in [0.1, 0.15) is 27.0 Å². The number of benzene rings is 1. The number of carboxylic acids is 1. The van der Waals surface area contributed by atoms with Crippen LogP contribution >= 0.6 is 11.3 Å². The molecule has 3 rings (SSSR count). The zero-order valence-corrected chi connectivity index (χ0v) is 16.1. The van der Waals surface area contributed by atoms with Crippen LogP contribution in [0.1, 0.15) is 12.8 Å². The van der Waals surface area contributed by atoms with Gasteiger partial charge in [-0.15, -0.1) is 11.3 Å². The van der Waals surface area contributed by atoms with Crippen LogP contribution in [0.4, 0.5) is 0 Å². The molecule has 6 nitrogen and oxygen atoms in total. The van der Waals surface area contributed by atoms with E-state index in [1.54, 1.807) is 13.2 Å². The van der Waals surface area contributed by atoms with Crippen molar-refractivity contribution in [3.05, 3.63) is 36.4 Å². The summed E-state index contributed by atoms with van der Waals surface area (Å²) < 4.78 is 21.3. The number of hydrogen-bond donors (Lipinski definition) is 3. The molecule has 3 N–H and O–H groups in total. The summed E-state index contributed by atoms with van der Waals surface area (Å²) in [5.41, 5.74) is 1.01. The second-order valence-corrected chi connectivity index (χ2v) is 8.69. The van der Waals surface area contributed by atoms with Gasteiger partial charge in [0.15, 0.2) is 0 Å². The molecular weight excluding hydrogens is 372 g/mol. The van der Waals surface area contributed by atoms with Crippen LogP contribution in [0, 0.1) is 5.92 Å². The Morgan fingerprint density at radius 1 is 1.27 bits per heavy atom. The normalized spacial score (nSPS) is 17.6. The summed E-state index contributed by atoms with van der Waals surface area (Å²) >= 11 is 1.40. The first-order valence-corrected chi connectivity index (χ1v) is 10.4. The fraction of sp³-hybridized carbons (Fsp3) is 0.389. The summed E-state index contributed by atoms with van der Waals surface area (Å²) in [6, 6.07) is 10.5. The molecule has 26 heavy (non-hydrogen) atoms. The van der Waals surface area contributed by atoms with E-state index >= 15 is 0 Å². The highest BCUT2D eigenvalue weighted by atomic mass is 32.2. The van der Waals surface area contributed by atoms with Crippen molar-refractivity contribution < 1.29 is 18.8 Å². The molecule has 1 saturated heterocycles. The summed E-state index contributed by atoms with van der Waals surface area (Å²) in [5, 5.41) is 12.7. The fourth-order valence-electron chi connectivity index (χ4n) is 3.03. The van der Waals surface area contributed by atoms with Gasteiger partial charge in [-0.3, -0.25) is 4.79 Å². The lowest BCUT2D eigenvalue weighted by molar-refractivity contribution is -0.140. The van der Waals surface area contributed by atoms with Crippen LogP contribution in [-0.2, 0) is 15.8 Å². The molecule has 0 amide bonds. The Morgan fingerprint density at radius 2 is 1.96 bits per heavy atom. The lowest BCUT2D eigenvalue weighted by Gasteiger charge is -2.28. The number of thiophene rings is 1. The van der Waals surface area contributed by atoms with Gasteiger partial charge in [-0.25, -0.2) is 8.93 Å². The maximum absolute atomic E-state index is 12.7. The van der Waals surface area contributed by atoms with E-state index < -0.39 is 23.0 Å². The monoisotopic (exact) mass is 394 g/mol. The number of nitrogens with one attached hydrogen (secondary N) is 2. The Balaban J connectivity index is 1.70. The van der Waals surface area contributed by atoms with E-state index in [1.165, 1.54) is 11.3 Å². The molecule has 8 heteroatoms. The Bertz CT molecular complexity index is 770. The van der Waals surface area contributed by atoms with Crippen LogP contribution < -0.4 is 14.8 Å². The highest BCUT2D eigenvalue weighted by molar-refractivity contribution is 7.85. The summed E-state index contributed by atoms with van der Waals surface area (Å²) in [6.07, 6.45) is 1.53. The van der Waals surface area contributed by atoms with Gasteiger partial charge < -0.3 is 15.2 Å². The van der Waals surface area contributed by atoms with E-state index in [0.717, 1.165) is 42.1 Å². The molecule has 1 aromatic carbocycles. The topological polar surface area (TPSA) is 87.7 Å². The molecule has 1 aliphatic rings. The average Bonchev–Trinajstić information content (AvgIpc) is 3.17. The molecule has 140 valence electrons. The first-order valence-electron chi connectivity index (χ1n) is 8.44. The quantitative estimate of drug-likeness (QED) is 0.672. The highest BCUT2D eigenvalue weighted by Gasteiger charge is 2.31. The number of rotatable bonds is 7. The predicted molar refractivity (Wildman–Crippen MR) is 103 cm³/mol. The van der Waals surface area contributed by atoms with Gasteiger partial charge >= 0.3 is 5.97 Å². The number of methoxy groups -OCH3 is 1. The van der Waals surface area contributed by atoms with E-state index in [2.05, 4.69) is 10.0 Å². The third kappa shape index (κ3) is 4.50. The van der Waals surface area contributed by atoms with Crippen LogP contribution in [0.5, 0.6) is 5.75 Å². The molecule has 0 bridgehead atoms. The standard InChI is InChI=1S/C18H22N2O4S2/c1-24-14-4-2-12(3-5-14)15-6-7-16(25-15)26(23)20-17(18(21)22)13-8-10-19-11-9-13/h2-7,13,17,19-20H,8-11H2,1H3,(H,21,22)/t17-,26?/m1/s1.